The maximum atomic E-state index is 13.1. The summed E-state index contributed by atoms with van der Waals surface area (Å²) in [5, 5.41) is 0. The van der Waals surface area contributed by atoms with Crippen molar-refractivity contribution in [1.29, 1.82) is 0 Å². The number of anilines is 1. The van der Waals surface area contributed by atoms with Gasteiger partial charge >= 0.3 is 0 Å². The average Bonchev–Trinajstić information content (AvgIpc) is 2.95. The second-order valence-electron chi connectivity index (χ2n) is 7.82. The van der Waals surface area contributed by atoms with Gasteiger partial charge in [0, 0.05) is 37.8 Å². The standard InChI is InChI=1S/C24H26N2O4S/c1-5-15-26(31(29,30)19-11-7-6-8-12-19)17-18(2)22(27)16-24(3)20-13-9-10-14-21(20)25(4)23(24)28/h5-14H,1-2,15-17H2,3-4H3. The maximum Gasteiger partial charge on any atom is 0.243 e. The van der Waals surface area contributed by atoms with Gasteiger partial charge in [-0.2, -0.15) is 4.31 Å². The summed E-state index contributed by atoms with van der Waals surface area (Å²) < 4.78 is 27.2. The highest BCUT2D eigenvalue weighted by atomic mass is 32.2. The molecule has 0 spiro atoms. The van der Waals surface area contributed by atoms with Crippen LogP contribution in [0.4, 0.5) is 5.69 Å². The maximum absolute atomic E-state index is 13.1. The molecular formula is C24H26N2O4S. The van der Waals surface area contributed by atoms with Crippen LogP contribution in [0.3, 0.4) is 0 Å². The third-order valence-corrected chi connectivity index (χ3v) is 7.45. The van der Waals surface area contributed by atoms with Gasteiger partial charge in [-0.25, -0.2) is 8.42 Å². The summed E-state index contributed by atoms with van der Waals surface area (Å²) in [6.45, 7) is 9.07. The lowest BCUT2D eigenvalue weighted by Gasteiger charge is -2.25. The number of benzene rings is 2. The average molecular weight is 439 g/mol. The number of carbonyl (C=O) groups is 2. The number of hydrogen-bond donors (Lipinski definition) is 0. The third-order valence-electron chi connectivity index (χ3n) is 5.63. The highest BCUT2D eigenvalue weighted by Crippen LogP contribution is 2.43. The summed E-state index contributed by atoms with van der Waals surface area (Å²) in [6.07, 6.45) is 1.38. The van der Waals surface area contributed by atoms with Crippen LogP contribution in [0, 0.1) is 0 Å². The summed E-state index contributed by atoms with van der Waals surface area (Å²) in [7, 11) is -2.14. The third kappa shape index (κ3) is 4.11. The topological polar surface area (TPSA) is 74.8 Å². The molecule has 1 aliphatic heterocycles. The Morgan fingerprint density at radius 1 is 1.13 bits per heavy atom. The molecule has 162 valence electrons. The molecular weight excluding hydrogens is 412 g/mol. The second-order valence-corrected chi connectivity index (χ2v) is 9.75. The van der Waals surface area contributed by atoms with Crippen molar-refractivity contribution >= 4 is 27.4 Å². The Labute approximate surface area is 183 Å². The monoisotopic (exact) mass is 438 g/mol. The van der Waals surface area contributed by atoms with Gasteiger partial charge in [-0.3, -0.25) is 9.59 Å². The Morgan fingerprint density at radius 3 is 2.39 bits per heavy atom. The van der Waals surface area contributed by atoms with Crippen molar-refractivity contribution in [2.75, 3.05) is 25.0 Å². The van der Waals surface area contributed by atoms with Gasteiger partial charge in [-0.1, -0.05) is 49.1 Å². The van der Waals surface area contributed by atoms with E-state index in [-0.39, 0.29) is 41.7 Å². The first-order valence-electron chi connectivity index (χ1n) is 9.87. The van der Waals surface area contributed by atoms with E-state index >= 15 is 0 Å². The molecule has 2 aromatic rings. The van der Waals surface area contributed by atoms with Crippen LogP contribution in [0.15, 0.2) is 84.3 Å². The van der Waals surface area contributed by atoms with Crippen LogP contribution in [0.1, 0.15) is 18.9 Å². The van der Waals surface area contributed by atoms with E-state index in [0.717, 1.165) is 15.6 Å². The van der Waals surface area contributed by atoms with Gasteiger partial charge in [-0.15, -0.1) is 6.58 Å². The fraction of sp³-hybridized carbons (Fsp3) is 0.250. The van der Waals surface area contributed by atoms with Gasteiger partial charge in [0.1, 0.15) is 0 Å². The largest absolute Gasteiger partial charge is 0.314 e. The first-order chi connectivity index (χ1) is 14.6. The van der Waals surface area contributed by atoms with Gasteiger partial charge in [-0.05, 0) is 30.7 Å². The smallest absolute Gasteiger partial charge is 0.243 e. The van der Waals surface area contributed by atoms with Crippen LogP contribution in [0.2, 0.25) is 0 Å². The van der Waals surface area contributed by atoms with Gasteiger partial charge in [0.25, 0.3) is 0 Å². The van der Waals surface area contributed by atoms with E-state index in [1.54, 1.807) is 37.1 Å². The molecule has 0 bridgehead atoms. The number of rotatable bonds is 9. The molecule has 1 heterocycles. The number of nitrogens with zero attached hydrogens (tertiary/aromatic N) is 2. The van der Waals surface area contributed by atoms with Crippen LogP contribution in [-0.4, -0.2) is 44.6 Å². The summed E-state index contributed by atoms with van der Waals surface area (Å²) in [4.78, 5) is 27.7. The Balaban J connectivity index is 1.82. The molecule has 0 aliphatic carbocycles. The van der Waals surface area contributed by atoms with Crippen molar-refractivity contribution in [2.24, 2.45) is 0 Å². The molecule has 1 aliphatic rings. The summed E-state index contributed by atoms with van der Waals surface area (Å²) >= 11 is 0. The van der Waals surface area contributed by atoms with E-state index in [2.05, 4.69) is 13.2 Å². The molecule has 0 radical (unpaired) electrons. The second kappa shape index (κ2) is 8.61. The van der Waals surface area contributed by atoms with E-state index in [9.17, 15) is 18.0 Å². The molecule has 7 heteroatoms. The quantitative estimate of drug-likeness (QED) is 0.445. The van der Waals surface area contributed by atoms with E-state index < -0.39 is 15.4 Å². The van der Waals surface area contributed by atoms with Gasteiger partial charge in [0.15, 0.2) is 5.78 Å². The fourth-order valence-corrected chi connectivity index (χ4v) is 5.31. The minimum Gasteiger partial charge on any atom is -0.314 e. The molecule has 0 aromatic heterocycles. The Hall–Kier alpha value is -3.03. The lowest BCUT2D eigenvalue weighted by molar-refractivity contribution is -0.126. The SMILES string of the molecule is C=CCN(CC(=C)C(=O)CC1(C)C(=O)N(C)c2ccccc21)S(=O)(=O)c1ccccc1. The normalized spacial score (nSPS) is 18.2. The lowest BCUT2D eigenvalue weighted by Crippen LogP contribution is -2.39. The van der Waals surface area contributed by atoms with Crippen molar-refractivity contribution in [1.82, 2.24) is 4.31 Å². The zero-order valence-corrected chi connectivity index (χ0v) is 18.6. The number of fused-ring (bicyclic) bond motifs is 1. The molecule has 0 fully saturated rings. The Bertz CT molecular complexity index is 1140. The first kappa shape index (κ1) is 22.7. The van der Waals surface area contributed by atoms with Crippen LogP contribution in [0.25, 0.3) is 0 Å². The van der Waals surface area contributed by atoms with Crippen molar-refractivity contribution in [3.05, 3.63) is 85.0 Å². The minimum absolute atomic E-state index is 0.0330. The number of ketones is 1. The predicted octanol–water partition coefficient (Wildman–Crippen LogP) is 3.31. The number of para-hydroxylation sites is 1. The van der Waals surface area contributed by atoms with Gasteiger partial charge < -0.3 is 4.90 Å². The fourth-order valence-electron chi connectivity index (χ4n) is 3.88. The van der Waals surface area contributed by atoms with Crippen molar-refractivity contribution in [2.45, 2.75) is 23.7 Å². The Kier molecular flexibility index (Phi) is 6.29. The van der Waals surface area contributed by atoms with Crippen LogP contribution >= 0.6 is 0 Å². The highest BCUT2D eigenvalue weighted by Gasteiger charge is 2.47. The summed E-state index contributed by atoms with van der Waals surface area (Å²) in [5.74, 6) is -0.520. The van der Waals surface area contributed by atoms with Crippen molar-refractivity contribution < 1.29 is 18.0 Å². The van der Waals surface area contributed by atoms with E-state index in [4.69, 9.17) is 0 Å². The Morgan fingerprint density at radius 2 is 1.74 bits per heavy atom. The molecule has 0 saturated heterocycles. The molecule has 1 atom stereocenters. The van der Waals surface area contributed by atoms with Gasteiger partial charge in [0.2, 0.25) is 15.9 Å². The van der Waals surface area contributed by atoms with Crippen LogP contribution in [0.5, 0.6) is 0 Å². The van der Waals surface area contributed by atoms with E-state index in [1.807, 2.05) is 24.3 Å². The summed E-state index contributed by atoms with van der Waals surface area (Å²) in [5.41, 5.74) is 0.659. The molecule has 2 aromatic carbocycles. The molecule has 0 N–H and O–H groups in total. The predicted molar refractivity (Wildman–Crippen MR) is 121 cm³/mol. The first-order valence-corrected chi connectivity index (χ1v) is 11.3. The minimum atomic E-state index is -3.83. The number of sulfonamides is 1. The van der Waals surface area contributed by atoms with Crippen molar-refractivity contribution in [3.63, 3.8) is 0 Å². The van der Waals surface area contributed by atoms with Crippen molar-refractivity contribution in [3.8, 4) is 0 Å². The lowest BCUT2D eigenvalue weighted by atomic mass is 9.78. The number of carbonyl (C=O) groups excluding carboxylic acids is 2. The summed E-state index contributed by atoms with van der Waals surface area (Å²) in [6, 6.07) is 15.4. The number of amides is 1. The molecule has 0 saturated carbocycles. The van der Waals surface area contributed by atoms with E-state index in [0.29, 0.717) is 0 Å². The number of likely N-dealkylation sites (N-methyl/N-ethyl adjacent to an activating group) is 1. The van der Waals surface area contributed by atoms with Gasteiger partial charge in [0.05, 0.1) is 10.3 Å². The molecule has 31 heavy (non-hydrogen) atoms. The zero-order valence-electron chi connectivity index (χ0n) is 17.7. The molecule has 3 rings (SSSR count). The van der Waals surface area contributed by atoms with Crippen LogP contribution < -0.4 is 4.90 Å². The number of Topliss-reactive ketones (excluding diaryl/α,β-unsaturated/α-hetero) is 1. The van der Waals surface area contributed by atoms with E-state index in [1.165, 1.54) is 18.2 Å². The highest BCUT2D eigenvalue weighted by molar-refractivity contribution is 7.89. The van der Waals surface area contributed by atoms with Crippen LogP contribution in [-0.2, 0) is 25.0 Å². The molecule has 6 nitrogen and oxygen atoms in total. The number of hydrogen-bond acceptors (Lipinski definition) is 4. The molecule has 1 unspecified atom stereocenters. The zero-order chi connectivity index (χ0) is 22.8. The molecule has 1 amide bonds.